The van der Waals surface area contributed by atoms with Crippen molar-refractivity contribution in [3.8, 4) is 5.75 Å². The van der Waals surface area contributed by atoms with Gasteiger partial charge in [0.2, 0.25) is 5.91 Å². The van der Waals surface area contributed by atoms with Crippen molar-refractivity contribution in [3.63, 3.8) is 0 Å². The van der Waals surface area contributed by atoms with Crippen molar-refractivity contribution in [3.05, 3.63) is 89.5 Å². The summed E-state index contributed by atoms with van der Waals surface area (Å²) >= 11 is 1.17. The number of carbonyl (C=O) groups excluding carboxylic acids is 2. The van der Waals surface area contributed by atoms with Crippen molar-refractivity contribution in [1.29, 1.82) is 0 Å². The number of ether oxygens (including phenoxy) is 1. The van der Waals surface area contributed by atoms with Crippen LogP contribution in [0.1, 0.15) is 23.8 Å². The predicted molar refractivity (Wildman–Crippen MR) is 137 cm³/mol. The molecule has 0 bridgehead atoms. The number of amides is 2. The first kappa shape index (κ1) is 24.8. The van der Waals surface area contributed by atoms with Gasteiger partial charge < -0.3 is 14.1 Å². The molecule has 1 aromatic heterocycles. The SMILES string of the molecule is CC(SC1=N/C(=C\c2ccco2)C(=O)N1c1ccc(OC(F)F)cc1)C(=O)N1CCc2ccccc2C1. The summed E-state index contributed by atoms with van der Waals surface area (Å²) in [5.74, 6) is -0.0568. The molecule has 2 aliphatic rings. The van der Waals surface area contributed by atoms with Gasteiger partial charge in [-0.25, -0.2) is 4.99 Å². The van der Waals surface area contributed by atoms with E-state index in [1.807, 2.05) is 23.1 Å². The number of nitrogens with zero attached hydrogens (tertiary/aromatic N) is 3. The molecule has 5 rings (SSSR count). The lowest BCUT2D eigenvalue weighted by Crippen LogP contribution is -2.41. The number of aliphatic imine (C=N–C) groups is 1. The summed E-state index contributed by atoms with van der Waals surface area (Å²) in [4.78, 5) is 34.4. The van der Waals surface area contributed by atoms with Crippen molar-refractivity contribution < 1.29 is 27.5 Å². The van der Waals surface area contributed by atoms with Gasteiger partial charge in [-0.2, -0.15) is 8.78 Å². The lowest BCUT2D eigenvalue weighted by Gasteiger charge is -2.31. The molecular formula is C27H23F2N3O4S. The highest BCUT2D eigenvalue weighted by Crippen LogP contribution is 2.33. The smallest absolute Gasteiger partial charge is 0.387 e. The Morgan fingerprint density at radius 3 is 2.57 bits per heavy atom. The summed E-state index contributed by atoms with van der Waals surface area (Å²) in [5, 5.41) is -0.215. The van der Waals surface area contributed by atoms with Crippen LogP contribution in [0.4, 0.5) is 14.5 Å². The second kappa shape index (κ2) is 10.6. The zero-order chi connectivity index (χ0) is 25.9. The van der Waals surface area contributed by atoms with Gasteiger partial charge in [0.15, 0.2) is 5.17 Å². The first-order valence-electron chi connectivity index (χ1n) is 11.6. The van der Waals surface area contributed by atoms with Gasteiger partial charge in [0, 0.05) is 19.2 Å². The number of furan rings is 1. The molecule has 10 heteroatoms. The average molecular weight is 524 g/mol. The molecule has 2 aromatic carbocycles. The summed E-state index contributed by atoms with van der Waals surface area (Å²) in [6, 6.07) is 17.2. The molecule has 1 unspecified atom stereocenters. The van der Waals surface area contributed by atoms with Crippen molar-refractivity contribution in [2.45, 2.75) is 31.8 Å². The maximum absolute atomic E-state index is 13.3. The molecule has 7 nitrogen and oxygen atoms in total. The highest BCUT2D eigenvalue weighted by Gasteiger charge is 2.35. The molecular weight excluding hydrogens is 500 g/mol. The number of alkyl halides is 2. The zero-order valence-electron chi connectivity index (χ0n) is 19.8. The monoisotopic (exact) mass is 523 g/mol. The van der Waals surface area contributed by atoms with Crippen LogP contribution in [0.5, 0.6) is 5.75 Å². The van der Waals surface area contributed by atoms with Crippen LogP contribution < -0.4 is 9.64 Å². The van der Waals surface area contributed by atoms with Crippen LogP contribution in [-0.4, -0.2) is 40.3 Å². The molecule has 0 saturated carbocycles. The molecule has 37 heavy (non-hydrogen) atoms. The molecule has 0 N–H and O–H groups in total. The maximum atomic E-state index is 13.3. The standard InChI is InChI=1S/C27H23F2N3O4S/c1-17(24(33)31-13-12-18-5-2-3-6-19(18)16-31)37-27-30-23(15-22-7-4-14-35-22)25(34)32(27)20-8-10-21(11-9-20)36-26(28)29/h2-11,14-15,17,26H,12-13,16H2,1H3/b23-15-. The number of thioether (sulfide) groups is 1. The number of benzene rings is 2. The molecule has 190 valence electrons. The minimum Gasteiger partial charge on any atom is -0.465 e. The van der Waals surface area contributed by atoms with E-state index in [-0.39, 0.29) is 17.4 Å². The third-order valence-corrected chi connectivity index (χ3v) is 7.08. The van der Waals surface area contributed by atoms with Crippen molar-refractivity contribution >= 4 is 40.5 Å². The predicted octanol–water partition coefficient (Wildman–Crippen LogP) is 5.33. The first-order chi connectivity index (χ1) is 17.9. The minimum atomic E-state index is -2.96. The van der Waals surface area contributed by atoms with Crippen molar-refractivity contribution in [2.75, 3.05) is 11.4 Å². The largest absolute Gasteiger partial charge is 0.465 e. The Morgan fingerprint density at radius 2 is 1.86 bits per heavy atom. The second-order valence-corrected chi connectivity index (χ2v) is 9.80. The summed E-state index contributed by atoms with van der Waals surface area (Å²) in [5.41, 5.74) is 2.92. The number of halogens is 2. The van der Waals surface area contributed by atoms with E-state index in [1.54, 1.807) is 19.1 Å². The van der Waals surface area contributed by atoms with Crippen LogP contribution in [0.3, 0.4) is 0 Å². The van der Waals surface area contributed by atoms with Crippen LogP contribution >= 0.6 is 11.8 Å². The highest BCUT2D eigenvalue weighted by molar-refractivity contribution is 8.15. The Morgan fingerprint density at radius 1 is 1.11 bits per heavy atom. The minimum absolute atomic E-state index is 0.0307. The van der Waals surface area contributed by atoms with Crippen molar-refractivity contribution in [1.82, 2.24) is 4.90 Å². The van der Waals surface area contributed by atoms with Gasteiger partial charge in [0.05, 0.1) is 17.2 Å². The summed E-state index contributed by atoms with van der Waals surface area (Å²) in [6.45, 7) is -0.0228. The fraction of sp³-hybridized carbons (Fsp3) is 0.222. The molecule has 3 heterocycles. The molecule has 0 spiro atoms. The van der Waals surface area contributed by atoms with Gasteiger partial charge in [-0.3, -0.25) is 14.5 Å². The maximum Gasteiger partial charge on any atom is 0.387 e. The van der Waals surface area contributed by atoms with E-state index in [0.29, 0.717) is 29.7 Å². The van der Waals surface area contributed by atoms with Crippen LogP contribution in [0, 0.1) is 0 Å². The fourth-order valence-corrected chi connectivity index (χ4v) is 5.25. The molecule has 2 aliphatic heterocycles. The lowest BCUT2D eigenvalue weighted by atomic mass is 10.00. The lowest BCUT2D eigenvalue weighted by molar-refractivity contribution is -0.131. The Labute approximate surface area is 216 Å². The number of fused-ring (bicyclic) bond motifs is 1. The Kier molecular flexibility index (Phi) is 7.09. The van der Waals surface area contributed by atoms with E-state index in [1.165, 1.54) is 58.8 Å². The van der Waals surface area contributed by atoms with Crippen molar-refractivity contribution in [2.24, 2.45) is 4.99 Å². The molecule has 0 radical (unpaired) electrons. The summed E-state index contributed by atoms with van der Waals surface area (Å²) < 4.78 is 34.9. The van der Waals surface area contributed by atoms with Gasteiger partial charge in [-0.05, 0) is 60.9 Å². The third-order valence-electron chi connectivity index (χ3n) is 6.04. The Hall–Kier alpha value is -3.92. The normalized spacial score (nSPS) is 17.2. The topological polar surface area (TPSA) is 75.4 Å². The van der Waals surface area contributed by atoms with Gasteiger partial charge in [-0.15, -0.1) is 0 Å². The molecule has 2 amide bonds. The molecule has 0 aliphatic carbocycles. The molecule has 1 atom stereocenters. The van der Waals surface area contributed by atoms with Crippen LogP contribution in [0.2, 0.25) is 0 Å². The van der Waals surface area contributed by atoms with Gasteiger partial charge in [-0.1, -0.05) is 36.0 Å². The third kappa shape index (κ3) is 5.43. The zero-order valence-corrected chi connectivity index (χ0v) is 20.7. The molecule has 0 saturated heterocycles. The van der Waals surface area contributed by atoms with E-state index in [0.717, 1.165) is 12.0 Å². The van der Waals surface area contributed by atoms with E-state index >= 15 is 0 Å². The number of rotatable bonds is 6. The second-order valence-electron chi connectivity index (χ2n) is 8.49. The molecule has 3 aromatic rings. The summed E-state index contributed by atoms with van der Waals surface area (Å²) in [6.07, 6.45) is 3.79. The Bertz CT molecular complexity index is 1360. The van der Waals surface area contributed by atoms with Crippen LogP contribution in [-0.2, 0) is 22.6 Å². The van der Waals surface area contributed by atoms with Crippen LogP contribution in [0.25, 0.3) is 6.08 Å². The quantitative estimate of drug-likeness (QED) is 0.408. The number of hydrogen-bond donors (Lipinski definition) is 0. The van der Waals surface area contributed by atoms with E-state index in [9.17, 15) is 18.4 Å². The number of carbonyl (C=O) groups is 2. The highest BCUT2D eigenvalue weighted by atomic mass is 32.2. The van der Waals surface area contributed by atoms with E-state index in [4.69, 9.17) is 4.42 Å². The van der Waals surface area contributed by atoms with Gasteiger partial charge in [0.1, 0.15) is 17.2 Å². The fourth-order valence-electron chi connectivity index (χ4n) is 4.24. The van der Waals surface area contributed by atoms with Gasteiger partial charge in [0.25, 0.3) is 5.91 Å². The molecule has 0 fully saturated rings. The van der Waals surface area contributed by atoms with E-state index < -0.39 is 17.8 Å². The average Bonchev–Trinajstić information content (AvgIpc) is 3.51. The first-order valence-corrected chi connectivity index (χ1v) is 12.5. The van der Waals surface area contributed by atoms with E-state index in [2.05, 4.69) is 15.8 Å². The van der Waals surface area contributed by atoms with Gasteiger partial charge >= 0.3 is 6.61 Å². The number of hydrogen-bond acceptors (Lipinski definition) is 6. The number of anilines is 1. The van der Waals surface area contributed by atoms with Crippen LogP contribution in [0.15, 0.2) is 82.0 Å². The summed E-state index contributed by atoms with van der Waals surface area (Å²) in [7, 11) is 0. The number of amidine groups is 1. The Balaban J connectivity index is 1.38.